The molecule has 1 heterocycles. The van der Waals surface area contributed by atoms with Gasteiger partial charge in [-0.25, -0.2) is 0 Å². The molecule has 1 aliphatic heterocycles. The molecule has 2 aromatic rings. The summed E-state index contributed by atoms with van der Waals surface area (Å²) in [7, 11) is 0. The lowest BCUT2D eigenvalue weighted by atomic mass is 9.87. The molecule has 2 aliphatic rings. The van der Waals surface area contributed by atoms with Crippen molar-refractivity contribution < 1.29 is 4.79 Å². The normalized spacial score (nSPS) is 19.4. The number of piperazine rings is 1. The summed E-state index contributed by atoms with van der Waals surface area (Å²) in [6.45, 7) is 5.70. The van der Waals surface area contributed by atoms with Crippen LogP contribution in [0.5, 0.6) is 0 Å². The van der Waals surface area contributed by atoms with E-state index in [0.717, 1.165) is 39.0 Å². The number of carbonyl (C=O) groups is 1. The predicted molar refractivity (Wildman–Crippen MR) is 117 cm³/mol. The van der Waals surface area contributed by atoms with Crippen LogP contribution >= 0.6 is 12.4 Å². The fourth-order valence-corrected chi connectivity index (χ4v) is 4.82. The average molecular weight is 399 g/mol. The first kappa shape index (κ1) is 20.9. The van der Waals surface area contributed by atoms with E-state index in [9.17, 15) is 4.79 Å². The molecule has 150 valence electrons. The third-order valence-corrected chi connectivity index (χ3v) is 6.42. The first-order valence-corrected chi connectivity index (χ1v) is 10.3. The Morgan fingerprint density at radius 3 is 1.75 bits per heavy atom. The molecule has 2 fully saturated rings. The maximum absolute atomic E-state index is 13.0. The SMILES string of the molecule is CC1(C(=O)N2CCN(C(c3ccccc3)c3ccccc3)CC2)CCCC1.Cl. The second kappa shape index (κ2) is 9.11. The van der Waals surface area contributed by atoms with Crippen LogP contribution in [0.25, 0.3) is 0 Å². The summed E-state index contributed by atoms with van der Waals surface area (Å²) in [6, 6.07) is 21.7. The van der Waals surface area contributed by atoms with E-state index in [1.807, 2.05) is 0 Å². The monoisotopic (exact) mass is 398 g/mol. The molecule has 0 atom stereocenters. The molecule has 0 bridgehead atoms. The topological polar surface area (TPSA) is 23.6 Å². The second-order valence-electron chi connectivity index (χ2n) is 8.32. The molecular weight excluding hydrogens is 368 g/mol. The van der Waals surface area contributed by atoms with Gasteiger partial charge in [-0.1, -0.05) is 80.4 Å². The van der Waals surface area contributed by atoms with Gasteiger partial charge in [0.05, 0.1) is 6.04 Å². The zero-order valence-corrected chi connectivity index (χ0v) is 17.5. The Labute approximate surface area is 175 Å². The van der Waals surface area contributed by atoms with E-state index in [2.05, 4.69) is 77.4 Å². The Bertz CT molecular complexity index is 711. The minimum atomic E-state index is -0.111. The first-order chi connectivity index (χ1) is 13.2. The number of amides is 1. The highest BCUT2D eigenvalue weighted by atomic mass is 35.5. The summed E-state index contributed by atoms with van der Waals surface area (Å²) in [6.07, 6.45) is 4.52. The van der Waals surface area contributed by atoms with Crippen LogP contribution in [0.3, 0.4) is 0 Å². The third-order valence-electron chi connectivity index (χ3n) is 6.42. The Morgan fingerprint density at radius 1 is 0.821 bits per heavy atom. The number of halogens is 1. The lowest BCUT2D eigenvalue weighted by Gasteiger charge is -2.42. The first-order valence-electron chi connectivity index (χ1n) is 10.3. The van der Waals surface area contributed by atoms with Crippen molar-refractivity contribution in [3.8, 4) is 0 Å². The molecule has 0 radical (unpaired) electrons. The molecule has 0 spiro atoms. The van der Waals surface area contributed by atoms with Gasteiger partial charge in [0, 0.05) is 31.6 Å². The van der Waals surface area contributed by atoms with Gasteiger partial charge in [-0.15, -0.1) is 12.4 Å². The number of rotatable bonds is 4. The molecule has 1 aliphatic carbocycles. The van der Waals surface area contributed by atoms with Crippen LogP contribution in [0.2, 0.25) is 0 Å². The predicted octanol–water partition coefficient (Wildman–Crippen LogP) is 4.92. The largest absolute Gasteiger partial charge is 0.340 e. The van der Waals surface area contributed by atoms with Crippen LogP contribution in [0.4, 0.5) is 0 Å². The number of benzene rings is 2. The number of nitrogens with zero attached hydrogens (tertiary/aromatic N) is 2. The van der Waals surface area contributed by atoms with Crippen LogP contribution in [0.1, 0.15) is 49.8 Å². The van der Waals surface area contributed by atoms with Crippen molar-refractivity contribution in [2.24, 2.45) is 5.41 Å². The maximum Gasteiger partial charge on any atom is 0.228 e. The molecule has 0 unspecified atom stereocenters. The smallest absolute Gasteiger partial charge is 0.228 e. The zero-order chi connectivity index (χ0) is 18.7. The van der Waals surface area contributed by atoms with Crippen LogP contribution < -0.4 is 0 Å². The lowest BCUT2D eigenvalue weighted by molar-refractivity contribution is -0.143. The van der Waals surface area contributed by atoms with Gasteiger partial charge in [-0.05, 0) is 24.0 Å². The van der Waals surface area contributed by atoms with Crippen LogP contribution in [-0.2, 0) is 4.79 Å². The molecule has 3 nitrogen and oxygen atoms in total. The van der Waals surface area contributed by atoms with Crippen LogP contribution in [0.15, 0.2) is 60.7 Å². The number of hydrogen-bond acceptors (Lipinski definition) is 2. The van der Waals surface area contributed by atoms with E-state index in [0.29, 0.717) is 5.91 Å². The fraction of sp³-hybridized carbons (Fsp3) is 0.458. The fourth-order valence-electron chi connectivity index (χ4n) is 4.82. The Balaban J connectivity index is 0.00000225. The van der Waals surface area contributed by atoms with E-state index >= 15 is 0 Å². The summed E-state index contributed by atoms with van der Waals surface area (Å²) in [4.78, 5) is 17.7. The Morgan fingerprint density at radius 2 is 1.29 bits per heavy atom. The molecule has 1 saturated heterocycles. The second-order valence-corrected chi connectivity index (χ2v) is 8.32. The van der Waals surface area contributed by atoms with Crippen molar-refractivity contribution >= 4 is 18.3 Å². The van der Waals surface area contributed by atoms with Crippen molar-refractivity contribution in [1.29, 1.82) is 0 Å². The van der Waals surface area contributed by atoms with Crippen molar-refractivity contribution in [3.63, 3.8) is 0 Å². The van der Waals surface area contributed by atoms with E-state index < -0.39 is 0 Å². The van der Waals surface area contributed by atoms with E-state index in [4.69, 9.17) is 0 Å². The summed E-state index contributed by atoms with van der Waals surface area (Å²) in [5, 5.41) is 0. The Kier molecular flexibility index (Phi) is 6.79. The van der Waals surface area contributed by atoms with Gasteiger partial charge in [-0.2, -0.15) is 0 Å². The minimum absolute atomic E-state index is 0. The van der Waals surface area contributed by atoms with Crippen molar-refractivity contribution in [2.75, 3.05) is 26.2 Å². The van der Waals surface area contributed by atoms with Crippen LogP contribution in [0, 0.1) is 5.41 Å². The molecule has 1 saturated carbocycles. The van der Waals surface area contributed by atoms with Crippen LogP contribution in [-0.4, -0.2) is 41.9 Å². The molecular formula is C24H31ClN2O. The summed E-state index contributed by atoms with van der Waals surface area (Å²) < 4.78 is 0. The highest BCUT2D eigenvalue weighted by molar-refractivity contribution is 5.85. The van der Waals surface area contributed by atoms with Gasteiger partial charge in [0.1, 0.15) is 0 Å². The molecule has 1 amide bonds. The average Bonchev–Trinajstić information content (AvgIpc) is 3.18. The van der Waals surface area contributed by atoms with Crippen molar-refractivity contribution in [3.05, 3.63) is 71.8 Å². The van der Waals surface area contributed by atoms with E-state index in [-0.39, 0.29) is 23.9 Å². The highest BCUT2D eigenvalue weighted by Crippen LogP contribution is 2.39. The van der Waals surface area contributed by atoms with Gasteiger partial charge in [0.2, 0.25) is 5.91 Å². The number of carbonyl (C=O) groups excluding carboxylic acids is 1. The van der Waals surface area contributed by atoms with Gasteiger partial charge in [0.25, 0.3) is 0 Å². The zero-order valence-electron chi connectivity index (χ0n) is 16.7. The minimum Gasteiger partial charge on any atom is -0.340 e. The van der Waals surface area contributed by atoms with Crippen molar-refractivity contribution in [2.45, 2.75) is 38.6 Å². The summed E-state index contributed by atoms with van der Waals surface area (Å²) in [5.41, 5.74) is 2.54. The Hall–Kier alpha value is -1.84. The van der Waals surface area contributed by atoms with E-state index in [1.54, 1.807) is 0 Å². The molecule has 2 aromatic carbocycles. The lowest BCUT2D eigenvalue weighted by Crippen LogP contribution is -2.53. The summed E-state index contributed by atoms with van der Waals surface area (Å²) >= 11 is 0. The molecule has 0 aromatic heterocycles. The van der Waals surface area contributed by atoms with Gasteiger partial charge in [0.15, 0.2) is 0 Å². The van der Waals surface area contributed by atoms with E-state index in [1.165, 1.54) is 24.0 Å². The van der Waals surface area contributed by atoms with Gasteiger partial charge in [-0.3, -0.25) is 9.69 Å². The van der Waals surface area contributed by atoms with Gasteiger partial charge < -0.3 is 4.90 Å². The summed E-state index contributed by atoms with van der Waals surface area (Å²) in [5.74, 6) is 0.385. The van der Waals surface area contributed by atoms with Crippen molar-refractivity contribution in [1.82, 2.24) is 9.80 Å². The molecule has 0 N–H and O–H groups in total. The van der Waals surface area contributed by atoms with Gasteiger partial charge >= 0.3 is 0 Å². The standard InChI is InChI=1S/C24H30N2O.ClH/c1-24(14-8-9-15-24)23(27)26-18-16-25(17-19-26)22(20-10-4-2-5-11-20)21-12-6-3-7-13-21;/h2-7,10-13,22H,8-9,14-19H2,1H3;1H. The third kappa shape index (κ3) is 4.26. The molecule has 4 heteroatoms. The maximum atomic E-state index is 13.0. The highest BCUT2D eigenvalue weighted by Gasteiger charge is 2.40. The number of hydrogen-bond donors (Lipinski definition) is 0. The molecule has 28 heavy (non-hydrogen) atoms. The molecule has 4 rings (SSSR count). The quantitative estimate of drug-likeness (QED) is 0.729.